The molecule has 118 valence electrons. The highest BCUT2D eigenvalue weighted by Crippen LogP contribution is 2.37. The van der Waals surface area contributed by atoms with Crippen LogP contribution < -0.4 is 0 Å². The molecule has 0 spiro atoms. The highest BCUT2D eigenvalue weighted by atomic mass is 32.2. The summed E-state index contributed by atoms with van der Waals surface area (Å²) in [5.74, 6) is 0. The molecule has 7 heteroatoms. The van der Waals surface area contributed by atoms with Crippen molar-refractivity contribution in [3.8, 4) is 0 Å². The molecular weight excluding hydrogens is 292 g/mol. The van der Waals surface area contributed by atoms with Gasteiger partial charge in [0.1, 0.15) is 4.90 Å². The Morgan fingerprint density at radius 1 is 1.57 bits per heavy atom. The van der Waals surface area contributed by atoms with Crippen molar-refractivity contribution in [2.24, 2.45) is 0 Å². The van der Waals surface area contributed by atoms with Crippen LogP contribution in [0.1, 0.15) is 24.6 Å². The highest BCUT2D eigenvalue weighted by molar-refractivity contribution is 7.89. The first kappa shape index (κ1) is 16.2. The van der Waals surface area contributed by atoms with Gasteiger partial charge < -0.3 is 14.4 Å². The molecule has 0 bridgehead atoms. The summed E-state index contributed by atoms with van der Waals surface area (Å²) in [4.78, 5) is 0.219. The van der Waals surface area contributed by atoms with Gasteiger partial charge in [0, 0.05) is 38.1 Å². The summed E-state index contributed by atoms with van der Waals surface area (Å²) in [6.07, 6.45) is 5.24. The molecule has 1 aliphatic carbocycles. The van der Waals surface area contributed by atoms with Crippen LogP contribution in [0, 0.1) is 0 Å². The second-order valence-electron chi connectivity index (χ2n) is 5.11. The van der Waals surface area contributed by atoms with E-state index in [-0.39, 0.29) is 24.6 Å². The number of aliphatic hydroxyl groups is 1. The van der Waals surface area contributed by atoms with Gasteiger partial charge in [0.2, 0.25) is 10.0 Å². The van der Waals surface area contributed by atoms with Crippen molar-refractivity contribution < 1.29 is 18.3 Å². The lowest BCUT2D eigenvalue weighted by Gasteiger charge is -2.19. The minimum absolute atomic E-state index is 0.161. The summed E-state index contributed by atoms with van der Waals surface area (Å²) in [5.41, 5.74) is 0.640. The van der Waals surface area contributed by atoms with E-state index in [2.05, 4.69) is 6.58 Å². The molecule has 1 aromatic rings. The first-order chi connectivity index (χ1) is 10.0. The summed E-state index contributed by atoms with van der Waals surface area (Å²) in [7, 11) is -2.07. The van der Waals surface area contributed by atoms with E-state index in [0.717, 1.165) is 12.8 Å². The summed E-state index contributed by atoms with van der Waals surface area (Å²) in [6, 6.07) is 1.87. The van der Waals surface area contributed by atoms with E-state index < -0.39 is 10.0 Å². The quantitative estimate of drug-likeness (QED) is 0.694. The van der Waals surface area contributed by atoms with Gasteiger partial charge in [-0.3, -0.25) is 0 Å². The van der Waals surface area contributed by atoms with Gasteiger partial charge in [-0.15, -0.1) is 6.58 Å². The normalized spacial score (nSPS) is 15.6. The predicted octanol–water partition coefficient (Wildman–Crippen LogP) is 1.14. The Labute approximate surface area is 125 Å². The second-order valence-corrected chi connectivity index (χ2v) is 7.05. The van der Waals surface area contributed by atoms with Crippen LogP contribution in [0.25, 0.3) is 0 Å². The lowest BCUT2D eigenvalue weighted by molar-refractivity contribution is 0.182. The molecule has 1 aliphatic rings. The first-order valence-corrected chi connectivity index (χ1v) is 8.40. The van der Waals surface area contributed by atoms with Gasteiger partial charge in [0.05, 0.1) is 13.2 Å². The van der Waals surface area contributed by atoms with E-state index >= 15 is 0 Å². The summed E-state index contributed by atoms with van der Waals surface area (Å²) < 4.78 is 33.5. The summed E-state index contributed by atoms with van der Waals surface area (Å²) in [6.45, 7) is 4.26. The third kappa shape index (κ3) is 3.55. The van der Waals surface area contributed by atoms with E-state index in [1.807, 2.05) is 4.57 Å². The van der Waals surface area contributed by atoms with Crippen LogP contribution in [0.4, 0.5) is 0 Å². The van der Waals surface area contributed by atoms with Gasteiger partial charge >= 0.3 is 0 Å². The fourth-order valence-electron chi connectivity index (χ4n) is 2.25. The number of ether oxygens (including phenoxy) is 1. The minimum Gasteiger partial charge on any atom is -0.390 e. The number of nitrogens with zero attached hydrogens (tertiary/aromatic N) is 2. The van der Waals surface area contributed by atoms with Crippen molar-refractivity contribution in [2.45, 2.75) is 30.4 Å². The maximum absolute atomic E-state index is 12.7. The predicted molar refractivity (Wildman–Crippen MR) is 79.5 cm³/mol. The van der Waals surface area contributed by atoms with Gasteiger partial charge in [-0.1, -0.05) is 6.08 Å². The zero-order valence-electron chi connectivity index (χ0n) is 12.2. The Morgan fingerprint density at radius 2 is 2.29 bits per heavy atom. The SMILES string of the molecule is C=CCN(CCOC)S(=O)(=O)c1cc(CO)n(C2CC2)c1. The number of rotatable bonds is 9. The van der Waals surface area contributed by atoms with Crippen LogP contribution >= 0.6 is 0 Å². The van der Waals surface area contributed by atoms with Crippen molar-refractivity contribution >= 4 is 10.0 Å². The molecule has 1 fully saturated rings. The molecule has 2 rings (SSSR count). The number of hydrogen-bond acceptors (Lipinski definition) is 4. The molecule has 0 radical (unpaired) electrons. The van der Waals surface area contributed by atoms with Crippen LogP contribution in [-0.4, -0.2) is 49.2 Å². The molecule has 0 unspecified atom stereocenters. The van der Waals surface area contributed by atoms with E-state index in [9.17, 15) is 13.5 Å². The number of methoxy groups -OCH3 is 1. The third-order valence-electron chi connectivity index (χ3n) is 3.52. The van der Waals surface area contributed by atoms with Gasteiger partial charge in [-0.25, -0.2) is 8.42 Å². The zero-order valence-corrected chi connectivity index (χ0v) is 13.1. The Bertz CT molecular complexity index is 590. The fourth-order valence-corrected chi connectivity index (χ4v) is 3.70. The lowest BCUT2D eigenvalue weighted by atomic mass is 10.4. The van der Waals surface area contributed by atoms with E-state index in [4.69, 9.17) is 4.74 Å². The summed E-state index contributed by atoms with van der Waals surface area (Å²) in [5, 5.41) is 9.39. The smallest absolute Gasteiger partial charge is 0.244 e. The Morgan fingerprint density at radius 3 is 2.81 bits per heavy atom. The lowest BCUT2D eigenvalue weighted by Crippen LogP contribution is -2.33. The van der Waals surface area contributed by atoms with E-state index in [1.54, 1.807) is 18.3 Å². The molecule has 6 nitrogen and oxygen atoms in total. The van der Waals surface area contributed by atoms with Crippen molar-refractivity contribution in [1.29, 1.82) is 0 Å². The van der Waals surface area contributed by atoms with Crippen molar-refractivity contribution in [3.05, 3.63) is 30.6 Å². The first-order valence-electron chi connectivity index (χ1n) is 6.96. The highest BCUT2D eigenvalue weighted by Gasteiger charge is 2.30. The van der Waals surface area contributed by atoms with Crippen molar-refractivity contribution in [1.82, 2.24) is 8.87 Å². The molecule has 1 aromatic heterocycles. The van der Waals surface area contributed by atoms with E-state index in [0.29, 0.717) is 18.3 Å². The average Bonchev–Trinajstić information content (AvgIpc) is 3.21. The Balaban J connectivity index is 2.29. The molecule has 0 amide bonds. The molecule has 1 heterocycles. The van der Waals surface area contributed by atoms with Gasteiger partial charge in [0.25, 0.3) is 0 Å². The number of aliphatic hydroxyl groups excluding tert-OH is 1. The number of aromatic nitrogens is 1. The second kappa shape index (κ2) is 6.74. The third-order valence-corrected chi connectivity index (χ3v) is 5.35. The Kier molecular flexibility index (Phi) is 5.21. The molecule has 1 saturated carbocycles. The minimum atomic E-state index is -3.60. The molecule has 1 N–H and O–H groups in total. The monoisotopic (exact) mass is 314 g/mol. The molecule has 21 heavy (non-hydrogen) atoms. The van der Waals surface area contributed by atoms with Crippen LogP contribution in [0.2, 0.25) is 0 Å². The number of sulfonamides is 1. The maximum atomic E-state index is 12.7. The number of hydrogen-bond donors (Lipinski definition) is 1. The molecular formula is C14H22N2O4S. The van der Waals surface area contributed by atoms with E-state index in [1.165, 1.54) is 11.4 Å². The molecule has 0 saturated heterocycles. The molecule has 0 aromatic carbocycles. The molecule has 0 aliphatic heterocycles. The van der Waals surface area contributed by atoms with Crippen LogP contribution in [0.15, 0.2) is 29.8 Å². The largest absolute Gasteiger partial charge is 0.390 e. The topological polar surface area (TPSA) is 71.8 Å². The van der Waals surface area contributed by atoms with Crippen LogP contribution in [0.3, 0.4) is 0 Å². The van der Waals surface area contributed by atoms with Crippen molar-refractivity contribution in [3.63, 3.8) is 0 Å². The Hall–Kier alpha value is -1.15. The standard InChI is InChI=1S/C14H22N2O4S/c1-3-6-15(7-8-20-2)21(18,19)14-9-13(11-17)16(10-14)12-4-5-12/h3,9-10,12,17H,1,4-8,11H2,2H3. The van der Waals surface area contributed by atoms with Crippen LogP contribution in [-0.2, 0) is 21.4 Å². The van der Waals surface area contributed by atoms with Crippen LogP contribution in [0.5, 0.6) is 0 Å². The average molecular weight is 314 g/mol. The maximum Gasteiger partial charge on any atom is 0.244 e. The zero-order chi connectivity index (χ0) is 15.5. The molecule has 0 atom stereocenters. The van der Waals surface area contributed by atoms with Gasteiger partial charge in [-0.05, 0) is 18.9 Å². The summed E-state index contributed by atoms with van der Waals surface area (Å²) >= 11 is 0. The van der Waals surface area contributed by atoms with Gasteiger partial charge in [-0.2, -0.15) is 4.31 Å². The van der Waals surface area contributed by atoms with Gasteiger partial charge in [0.15, 0.2) is 0 Å². The fraction of sp³-hybridized carbons (Fsp3) is 0.571. The van der Waals surface area contributed by atoms with Crippen molar-refractivity contribution in [2.75, 3.05) is 26.8 Å².